The quantitative estimate of drug-likeness (QED) is 0.540. The third kappa shape index (κ3) is 3.60. The van der Waals surface area contributed by atoms with Crippen LogP contribution in [-0.2, 0) is 0 Å². The van der Waals surface area contributed by atoms with Crippen LogP contribution >= 0.6 is 11.6 Å². The zero-order valence-corrected chi connectivity index (χ0v) is 12.7. The molecule has 0 aliphatic rings. The summed E-state index contributed by atoms with van der Waals surface area (Å²) in [5.41, 5.74) is 1.36. The van der Waals surface area contributed by atoms with Crippen LogP contribution in [0.15, 0.2) is 18.5 Å². The number of H-pyrrole nitrogens is 1. The van der Waals surface area contributed by atoms with Gasteiger partial charge in [0.25, 0.3) is 0 Å². The van der Waals surface area contributed by atoms with Crippen LogP contribution in [0.5, 0.6) is 0 Å². The van der Waals surface area contributed by atoms with Crippen molar-refractivity contribution in [1.82, 2.24) is 9.97 Å². The lowest BCUT2D eigenvalue weighted by Gasteiger charge is -2.01. The van der Waals surface area contributed by atoms with E-state index in [2.05, 4.69) is 16.9 Å². The molecule has 108 valence electrons. The summed E-state index contributed by atoms with van der Waals surface area (Å²) < 4.78 is 0. The van der Waals surface area contributed by atoms with Crippen LogP contribution in [0, 0.1) is 0 Å². The third-order valence-corrected chi connectivity index (χ3v) is 3.90. The Labute approximate surface area is 124 Å². The number of aromatic nitrogens is 2. The fourth-order valence-corrected chi connectivity index (χ4v) is 2.68. The molecule has 2 aromatic rings. The number of hydrogen-bond acceptors (Lipinski definition) is 2. The summed E-state index contributed by atoms with van der Waals surface area (Å²) in [6.45, 7) is 2.21. The Balaban J connectivity index is 1.91. The maximum atomic E-state index is 12.3. The van der Waals surface area contributed by atoms with Crippen LogP contribution in [-0.4, -0.2) is 15.8 Å². The molecule has 0 fully saturated rings. The van der Waals surface area contributed by atoms with Crippen LogP contribution in [0.2, 0.25) is 5.02 Å². The zero-order chi connectivity index (χ0) is 14.4. The van der Waals surface area contributed by atoms with E-state index in [0.717, 1.165) is 18.2 Å². The van der Waals surface area contributed by atoms with Crippen LogP contribution in [0.3, 0.4) is 0 Å². The second-order valence-corrected chi connectivity index (χ2v) is 5.57. The van der Waals surface area contributed by atoms with Gasteiger partial charge in [0.05, 0.1) is 5.02 Å². The molecule has 0 bridgehead atoms. The molecular formula is C16H21ClN2O. The Hall–Kier alpha value is -1.35. The van der Waals surface area contributed by atoms with E-state index in [0.29, 0.717) is 22.7 Å². The van der Waals surface area contributed by atoms with E-state index in [1.54, 1.807) is 18.5 Å². The van der Waals surface area contributed by atoms with E-state index in [1.807, 2.05) is 0 Å². The van der Waals surface area contributed by atoms with Gasteiger partial charge in [0, 0.05) is 29.8 Å². The highest BCUT2D eigenvalue weighted by Gasteiger charge is 2.14. The predicted octanol–water partition coefficient (Wildman–Crippen LogP) is 5.15. The SMILES string of the molecule is CCCCCCCCC(=O)c1c[nH]c2nccc(Cl)c12. The van der Waals surface area contributed by atoms with Gasteiger partial charge in [-0.1, -0.05) is 50.6 Å². The van der Waals surface area contributed by atoms with Crippen molar-refractivity contribution in [2.24, 2.45) is 0 Å². The van der Waals surface area contributed by atoms with Crippen molar-refractivity contribution >= 4 is 28.4 Å². The lowest BCUT2D eigenvalue weighted by molar-refractivity contribution is 0.0980. The summed E-state index contributed by atoms with van der Waals surface area (Å²) in [4.78, 5) is 19.4. The van der Waals surface area contributed by atoms with Gasteiger partial charge in [0.2, 0.25) is 0 Å². The molecule has 1 N–H and O–H groups in total. The average Bonchev–Trinajstić information content (AvgIpc) is 2.88. The van der Waals surface area contributed by atoms with Gasteiger partial charge in [-0.15, -0.1) is 0 Å². The number of unbranched alkanes of at least 4 members (excludes halogenated alkanes) is 5. The molecule has 0 saturated heterocycles. The van der Waals surface area contributed by atoms with Gasteiger partial charge in [-0.2, -0.15) is 0 Å². The van der Waals surface area contributed by atoms with Crippen LogP contribution in [0.25, 0.3) is 11.0 Å². The first-order chi connectivity index (χ1) is 9.74. The van der Waals surface area contributed by atoms with E-state index >= 15 is 0 Å². The number of rotatable bonds is 8. The normalized spacial score (nSPS) is 11.1. The minimum Gasteiger partial charge on any atom is -0.345 e. The maximum Gasteiger partial charge on any atom is 0.165 e. The minimum absolute atomic E-state index is 0.154. The summed E-state index contributed by atoms with van der Waals surface area (Å²) >= 11 is 6.15. The van der Waals surface area contributed by atoms with Crippen molar-refractivity contribution in [3.63, 3.8) is 0 Å². The molecule has 20 heavy (non-hydrogen) atoms. The first-order valence-corrected chi connectivity index (χ1v) is 7.76. The van der Waals surface area contributed by atoms with Gasteiger partial charge in [-0.3, -0.25) is 4.79 Å². The molecule has 0 aliphatic heterocycles. The molecule has 0 aromatic carbocycles. The van der Waals surface area contributed by atoms with Crippen molar-refractivity contribution in [2.45, 2.75) is 51.9 Å². The standard InChI is InChI=1S/C16H21ClN2O/c1-2-3-4-5-6-7-8-14(20)12-11-19-16-15(12)13(17)9-10-18-16/h9-11H,2-8H2,1H3,(H,18,19). The molecule has 0 unspecified atom stereocenters. The Kier molecular flexibility index (Phi) is 5.60. The van der Waals surface area contributed by atoms with Crippen molar-refractivity contribution in [1.29, 1.82) is 0 Å². The summed E-state index contributed by atoms with van der Waals surface area (Å²) in [5.74, 6) is 0.154. The second kappa shape index (κ2) is 7.44. The third-order valence-electron chi connectivity index (χ3n) is 3.58. The number of fused-ring (bicyclic) bond motifs is 1. The number of Topliss-reactive ketones (excluding diaryl/α,β-unsaturated/α-hetero) is 1. The lowest BCUT2D eigenvalue weighted by Crippen LogP contribution is -1.98. The Morgan fingerprint density at radius 1 is 1.25 bits per heavy atom. The minimum atomic E-state index is 0.154. The monoisotopic (exact) mass is 292 g/mol. The largest absolute Gasteiger partial charge is 0.345 e. The molecular weight excluding hydrogens is 272 g/mol. The topological polar surface area (TPSA) is 45.8 Å². The number of carbonyl (C=O) groups excluding carboxylic acids is 1. The van der Waals surface area contributed by atoms with Gasteiger partial charge in [-0.05, 0) is 12.5 Å². The molecule has 0 spiro atoms. The molecule has 2 heterocycles. The summed E-state index contributed by atoms with van der Waals surface area (Å²) in [6.07, 6.45) is 11.1. The molecule has 0 amide bonds. The number of halogens is 1. The Morgan fingerprint density at radius 2 is 2.00 bits per heavy atom. The number of nitrogens with zero attached hydrogens (tertiary/aromatic N) is 1. The van der Waals surface area contributed by atoms with Crippen LogP contribution in [0.4, 0.5) is 0 Å². The van der Waals surface area contributed by atoms with E-state index in [4.69, 9.17) is 11.6 Å². The van der Waals surface area contributed by atoms with Gasteiger partial charge < -0.3 is 4.98 Å². The van der Waals surface area contributed by atoms with E-state index in [9.17, 15) is 4.79 Å². The fourth-order valence-electron chi connectivity index (χ4n) is 2.44. The number of carbonyl (C=O) groups is 1. The molecule has 2 rings (SSSR count). The van der Waals surface area contributed by atoms with Gasteiger partial charge >= 0.3 is 0 Å². The van der Waals surface area contributed by atoms with Gasteiger partial charge in [0.15, 0.2) is 5.78 Å². The molecule has 2 aromatic heterocycles. The van der Waals surface area contributed by atoms with Crippen molar-refractivity contribution in [2.75, 3.05) is 0 Å². The Morgan fingerprint density at radius 3 is 2.80 bits per heavy atom. The molecule has 0 atom stereocenters. The highest BCUT2D eigenvalue weighted by atomic mass is 35.5. The van der Waals surface area contributed by atoms with Crippen molar-refractivity contribution in [3.05, 3.63) is 29.0 Å². The number of ketones is 1. The molecule has 0 aliphatic carbocycles. The van der Waals surface area contributed by atoms with Gasteiger partial charge in [0.1, 0.15) is 5.65 Å². The highest BCUT2D eigenvalue weighted by Crippen LogP contribution is 2.26. The summed E-state index contributed by atoms with van der Waals surface area (Å²) in [6, 6.07) is 1.72. The maximum absolute atomic E-state index is 12.3. The first kappa shape index (κ1) is 15.0. The molecule has 0 radical (unpaired) electrons. The van der Waals surface area contributed by atoms with Gasteiger partial charge in [-0.25, -0.2) is 4.98 Å². The fraction of sp³-hybridized carbons (Fsp3) is 0.500. The molecule has 4 heteroatoms. The average molecular weight is 293 g/mol. The smallest absolute Gasteiger partial charge is 0.165 e. The first-order valence-electron chi connectivity index (χ1n) is 7.38. The molecule has 3 nitrogen and oxygen atoms in total. The molecule has 0 saturated carbocycles. The summed E-state index contributed by atoms with van der Waals surface area (Å²) in [5, 5.41) is 1.34. The highest BCUT2D eigenvalue weighted by molar-refractivity contribution is 6.36. The summed E-state index contributed by atoms with van der Waals surface area (Å²) in [7, 11) is 0. The van der Waals surface area contributed by atoms with E-state index < -0.39 is 0 Å². The number of hydrogen-bond donors (Lipinski definition) is 1. The zero-order valence-electron chi connectivity index (χ0n) is 11.9. The predicted molar refractivity (Wildman–Crippen MR) is 83.4 cm³/mol. The van der Waals surface area contributed by atoms with E-state index in [-0.39, 0.29) is 5.78 Å². The lowest BCUT2D eigenvalue weighted by atomic mass is 10.0. The van der Waals surface area contributed by atoms with Crippen LogP contribution in [0.1, 0.15) is 62.2 Å². The number of pyridine rings is 1. The number of nitrogens with one attached hydrogen (secondary N) is 1. The van der Waals surface area contributed by atoms with Crippen molar-refractivity contribution in [3.8, 4) is 0 Å². The van der Waals surface area contributed by atoms with Crippen LogP contribution < -0.4 is 0 Å². The Bertz CT molecular complexity index is 577. The van der Waals surface area contributed by atoms with Crippen molar-refractivity contribution < 1.29 is 4.79 Å². The van der Waals surface area contributed by atoms with E-state index in [1.165, 1.54) is 25.7 Å². The second-order valence-electron chi connectivity index (χ2n) is 5.16. The number of aromatic amines is 1.